The van der Waals surface area contributed by atoms with Gasteiger partial charge in [-0.05, 0) is 46.0 Å². The van der Waals surface area contributed by atoms with Crippen LogP contribution in [0.5, 0.6) is 0 Å². The molecular formula is C14H24N2OS. The van der Waals surface area contributed by atoms with Gasteiger partial charge in [0.2, 0.25) is 0 Å². The smallest absolute Gasteiger partial charge is 0.0946 e. The van der Waals surface area contributed by atoms with Crippen molar-refractivity contribution in [2.24, 2.45) is 11.7 Å². The van der Waals surface area contributed by atoms with Crippen LogP contribution in [0, 0.1) is 19.8 Å². The Labute approximate surface area is 114 Å². The van der Waals surface area contributed by atoms with Gasteiger partial charge in [0.15, 0.2) is 0 Å². The van der Waals surface area contributed by atoms with Crippen LogP contribution in [0.15, 0.2) is 0 Å². The quantitative estimate of drug-likeness (QED) is 0.863. The predicted octanol–water partition coefficient (Wildman–Crippen LogP) is 2.83. The van der Waals surface area contributed by atoms with Crippen molar-refractivity contribution >= 4 is 11.3 Å². The molecule has 0 aromatic carbocycles. The summed E-state index contributed by atoms with van der Waals surface area (Å²) in [4.78, 5) is 5.88. The maximum Gasteiger partial charge on any atom is 0.0946 e. The van der Waals surface area contributed by atoms with Gasteiger partial charge >= 0.3 is 0 Å². The topological polar surface area (TPSA) is 48.1 Å². The highest BCUT2D eigenvalue weighted by molar-refractivity contribution is 7.11. The van der Waals surface area contributed by atoms with Gasteiger partial charge in [-0.3, -0.25) is 0 Å². The minimum atomic E-state index is 0.252. The first-order valence-corrected chi connectivity index (χ1v) is 7.70. The Bertz CT molecular complexity index is 366. The van der Waals surface area contributed by atoms with Crippen molar-refractivity contribution in [2.75, 3.05) is 6.61 Å². The van der Waals surface area contributed by atoms with Gasteiger partial charge in [0, 0.05) is 23.9 Å². The average Bonchev–Trinajstić information content (AvgIpc) is 2.55. The van der Waals surface area contributed by atoms with Crippen LogP contribution >= 0.6 is 11.3 Å². The number of aryl methyl sites for hydroxylation is 2. The summed E-state index contributed by atoms with van der Waals surface area (Å²) in [5, 5.41) is 1.19. The van der Waals surface area contributed by atoms with Gasteiger partial charge < -0.3 is 10.5 Å². The minimum absolute atomic E-state index is 0.252. The number of nitrogens with two attached hydrogens (primary N) is 1. The highest BCUT2D eigenvalue weighted by Crippen LogP contribution is 2.33. The monoisotopic (exact) mass is 268 g/mol. The Kier molecular flexibility index (Phi) is 4.76. The van der Waals surface area contributed by atoms with Crippen LogP contribution in [0.3, 0.4) is 0 Å². The largest absolute Gasteiger partial charge is 0.378 e. The summed E-state index contributed by atoms with van der Waals surface area (Å²) in [6.07, 6.45) is 4.92. The van der Waals surface area contributed by atoms with Crippen molar-refractivity contribution < 1.29 is 4.74 Å². The van der Waals surface area contributed by atoms with Gasteiger partial charge in [-0.2, -0.15) is 0 Å². The van der Waals surface area contributed by atoms with E-state index in [0.717, 1.165) is 31.1 Å². The Morgan fingerprint density at radius 2 is 2.17 bits per heavy atom. The summed E-state index contributed by atoms with van der Waals surface area (Å²) in [5.41, 5.74) is 7.38. The summed E-state index contributed by atoms with van der Waals surface area (Å²) >= 11 is 1.79. The van der Waals surface area contributed by atoms with Crippen molar-refractivity contribution in [3.8, 4) is 0 Å². The van der Waals surface area contributed by atoms with E-state index in [0.29, 0.717) is 6.10 Å². The van der Waals surface area contributed by atoms with E-state index in [1.54, 1.807) is 11.3 Å². The van der Waals surface area contributed by atoms with Crippen LogP contribution in [-0.2, 0) is 11.2 Å². The fourth-order valence-corrected chi connectivity index (χ4v) is 3.63. The van der Waals surface area contributed by atoms with Crippen molar-refractivity contribution in [1.29, 1.82) is 0 Å². The number of hydrogen-bond donors (Lipinski definition) is 1. The van der Waals surface area contributed by atoms with Crippen LogP contribution in [0.25, 0.3) is 0 Å². The summed E-state index contributed by atoms with van der Waals surface area (Å²) < 4.78 is 5.58. The van der Waals surface area contributed by atoms with Gasteiger partial charge in [0.05, 0.1) is 16.8 Å². The van der Waals surface area contributed by atoms with Gasteiger partial charge in [-0.1, -0.05) is 0 Å². The molecule has 4 heteroatoms. The fraction of sp³-hybridized carbons (Fsp3) is 0.786. The molecular weight excluding hydrogens is 244 g/mol. The number of aromatic nitrogens is 1. The molecule has 0 radical (unpaired) electrons. The third-order valence-electron chi connectivity index (χ3n) is 3.74. The van der Waals surface area contributed by atoms with Crippen LogP contribution in [0.2, 0.25) is 0 Å². The predicted molar refractivity (Wildman–Crippen MR) is 76.0 cm³/mol. The zero-order valence-electron chi connectivity index (χ0n) is 11.6. The second kappa shape index (κ2) is 6.13. The van der Waals surface area contributed by atoms with E-state index in [-0.39, 0.29) is 6.04 Å². The lowest BCUT2D eigenvalue weighted by Gasteiger charge is -2.36. The molecule has 0 bridgehead atoms. The summed E-state index contributed by atoms with van der Waals surface area (Å²) in [6, 6.07) is 0.252. The van der Waals surface area contributed by atoms with Crippen molar-refractivity contribution in [1.82, 2.24) is 4.98 Å². The Balaban J connectivity index is 1.71. The highest BCUT2D eigenvalue weighted by atomic mass is 32.1. The van der Waals surface area contributed by atoms with E-state index in [9.17, 15) is 0 Å². The van der Waals surface area contributed by atoms with E-state index in [4.69, 9.17) is 10.5 Å². The third-order valence-corrected chi connectivity index (χ3v) is 4.84. The molecule has 2 rings (SSSR count). The number of thiazole rings is 1. The molecule has 1 atom stereocenters. The number of ether oxygens (including phenoxy) is 1. The van der Waals surface area contributed by atoms with Crippen molar-refractivity contribution in [2.45, 2.75) is 58.6 Å². The lowest BCUT2D eigenvalue weighted by atomic mass is 9.78. The van der Waals surface area contributed by atoms with Crippen molar-refractivity contribution in [3.63, 3.8) is 0 Å². The maximum atomic E-state index is 6.22. The third kappa shape index (κ3) is 3.53. The SMILES string of the molecule is CCOC1CC(CC(N)Cc2nc(C)c(C)s2)C1. The first-order chi connectivity index (χ1) is 8.58. The standard InChI is InChI=1S/C14H24N2OS/c1-4-17-13-6-11(7-13)5-12(15)8-14-16-9(2)10(3)18-14/h11-13H,4-8,15H2,1-3H3. The molecule has 1 saturated carbocycles. The first kappa shape index (κ1) is 14.0. The molecule has 0 aliphatic heterocycles. The summed E-state index contributed by atoms with van der Waals surface area (Å²) in [5.74, 6) is 0.763. The number of hydrogen-bond acceptors (Lipinski definition) is 4. The second-order valence-corrected chi connectivity index (χ2v) is 6.65. The van der Waals surface area contributed by atoms with Crippen LogP contribution in [0.1, 0.15) is 41.8 Å². The Morgan fingerprint density at radius 3 is 2.72 bits per heavy atom. The lowest BCUT2D eigenvalue weighted by molar-refractivity contribution is -0.0280. The van der Waals surface area contributed by atoms with E-state index < -0.39 is 0 Å². The van der Waals surface area contributed by atoms with Crippen molar-refractivity contribution in [3.05, 3.63) is 15.6 Å². The molecule has 102 valence electrons. The Hall–Kier alpha value is -0.450. The average molecular weight is 268 g/mol. The zero-order valence-corrected chi connectivity index (χ0v) is 12.4. The van der Waals surface area contributed by atoms with Crippen LogP contribution in [0.4, 0.5) is 0 Å². The normalized spacial score (nSPS) is 24.9. The maximum absolute atomic E-state index is 6.22. The van der Waals surface area contributed by atoms with Gasteiger partial charge in [-0.15, -0.1) is 11.3 Å². The van der Waals surface area contributed by atoms with E-state index in [2.05, 4.69) is 25.8 Å². The van der Waals surface area contributed by atoms with Crippen LogP contribution < -0.4 is 5.73 Å². The van der Waals surface area contributed by atoms with E-state index >= 15 is 0 Å². The fourth-order valence-electron chi connectivity index (χ4n) is 2.60. The highest BCUT2D eigenvalue weighted by Gasteiger charge is 2.30. The second-order valence-electron chi connectivity index (χ2n) is 5.36. The van der Waals surface area contributed by atoms with Gasteiger partial charge in [-0.25, -0.2) is 4.98 Å². The molecule has 1 heterocycles. The molecule has 0 saturated heterocycles. The summed E-state index contributed by atoms with van der Waals surface area (Å²) in [6.45, 7) is 7.09. The van der Waals surface area contributed by atoms with Gasteiger partial charge in [0.1, 0.15) is 0 Å². The lowest BCUT2D eigenvalue weighted by Crippen LogP contribution is -2.36. The first-order valence-electron chi connectivity index (χ1n) is 6.88. The van der Waals surface area contributed by atoms with E-state index in [1.807, 2.05) is 0 Å². The molecule has 1 aliphatic rings. The molecule has 3 nitrogen and oxygen atoms in total. The molecule has 2 N–H and O–H groups in total. The summed E-state index contributed by atoms with van der Waals surface area (Å²) in [7, 11) is 0. The molecule has 1 fully saturated rings. The number of rotatable bonds is 6. The number of nitrogens with zero attached hydrogens (tertiary/aromatic N) is 1. The molecule has 1 unspecified atom stereocenters. The molecule has 0 spiro atoms. The van der Waals surface area contributed by atoms with Crippen LogP contribution in [-0.4, -0.2) is 23.7 Å². The van der Waals surface area contributed by atoms with Gasteiger partial charge in [0.25, 0.3) is 0 Å². The molecule has 1 aromatic heterocycles. The molecule has 1 aliphatic carbocycles. The van der Waals surface area contributed by atoms with E-state index in [1.165, 1.54) is 22.7 Å². The zero-order chi connectivity index (χ0) is 13.1. The molecule has 1 aromatic rings. The minimum Gasteiger partial charge on any atom is -0.378 e. The Morgan fingerprint density at radius 1 is 1.44 bits per heavy atom. The molecule has 18 heavy (non-hydrogen) atoms. The molecule has 0 amide bonds.